The first kappa shape index (κ1) is 11.3. The number of nitrogens with two attached hydrogens (primary N) is 1. The van der Waals surface area contributed by atoms with Crippen molar-refractivity contribution in [1.82, 2.24) is 4.90 Å². The third-order valence-corrected chi connectivity index (χ3v) is 2.72. The Balaban J connectivity index is 2.42. The highest BCUT2D eigenvalue weighted by molar-refractivity contribution is 6.03. The Morgan fingerprint density at radius 1 is 1.41 bits per heavy atom. The second-order valence-electron chi connectivity index (χ2n) is 3.76. The summed E-state index contributed by atoms with van der Waals surface area (Å²) in [7, 11) is 0. The van der Waals surface area contributed by atoms with E-state index >= 15 is 0 Å². The second kappa shape index (κ2) is 3.97. The predicted octanol–water partition coefficient (Wildman–Crippen LogP) is 0.952. The van der Waals surface area contributed by atoms with E-state index in [0.29, 0.717) is 12.1 Å². The van der Waals surface area contributed by atoms with E-state index in [1.807, 2.05) is 6.92 Å². The number of rotatable bonds is 2. The first-order valence-electron chi connectivity index (χ1n) is 5.21. The van der Waals surface area contributed by atoms with E-state index in [4.69, 9.17) is 5.73 Å². The lowest BCUT2D eigenvalue weighted by Crippen LogP contribution is -2.33. The molecule has 6 nitrogen and oxygen atoms in total. The molecule has 2 rings (SSSR count). The molecule has 6 heteroatoms. The van der Waals surface area contributed by atoms with Crippen LogP contribution in [-0.2, 0) is 0 Å². The number of likely N-dealkylation sites (N-methyl/N-ethyl adjacent to an activating group) is 1. The monoisotopic (exact) mass is 235 g/mol. The van der Waals surface area contributed by atoms with Gasteiger partial charge in [-0.3, -0.25) is 0 Å². The molecule has 1 heterocycles. The fourth-order valence-corrected chi connectivity index (χ4v) is 1.88. The maximum Gasteiger partial charge on any atom is 0.346 e. The number of benzene rings is 1. The molecular formula is C11H13N3O3. The van der Waals surface area contributed by atoms with Gasteiger partial charge in [-0.05, 0) is 24.6 Å². The quantitative estimate of drug-likeness (QED) is 0.664. The zero-order valence-electron chi connectivity index (χ0n) is 9.29. The van der Waals surface area contributed by atoms with Crippen LogP contribution in [0.3, 0.4) is 0 Å². The minimum Gasteiger partial charge on any atom is -0.504 e. The number of carbonyl (C=O) groups excluding carboxylic acids is 1. The maximum atomic E-state index is 11.5. The number of aliphatic imine (C=N–C) groups is 1. The van der Waals surface area contributed by atoms with Gasteiger partial charge in [0.25, 0.3) is 0 Å². The van der Waals surface area contributed by atoms with Gasteiger partial charge in [-0.2, -0.15) is 4.99 Å². The highest BCUT2D eigenvalue weighted by atomic mass is 16.3. The first-order chi connectivity index (χ1) is 8.04. The Morgan fingerprint density at radius 3 is 2.71 bits per heavy atom. The summed E-state index contributed by atoms with van der Waals surface area (Å²) < 4.78 is 0. The van der Waals surface area contributed by atoms with Gasteiger partial charge in [0.1, 0.15) is 11.9 Å². The molecule has 4 N–H and O–H groups in total. The van der Waals surface area contributed by atoms with Crippen LogP contribution in [0.2, 0.25) is 0 Å². The number of amides is 2. The molecule has 0 saturated carbocycles. The van der Waals surface area contributed by atoms with Gasteiger partial charge in [-0.1, -0.05) is 6.07 Å². The molecule has 0 bridgehead atoms. The topological polar surface area (TPSA) is 99.2 Å². The smallest absolute Gasteiger partial charge is 0.346 e. The van der Waals surface area contributed by atoms with Crippen LogP contribution in [0.1, 0.15) is 18.5 Å². The molecule has 0 saturated heterocycles. The number of urea groups is 1. The second-order valence-corrected chi connectivity index (χ2v) is 3.76. The van der Waals surface area contributed by atoms with E-state index in [2.05, 4.69) is 4.99 Å². The molecule has 1 aromatic rings. The summed E-state index contributed by atoms with van der Waals surface area (Å²) in [5.74, 6) is -0.260. The van der Waals surface area contributed by atoms with E-state index in [1.165, 1.54) is 17.0 Å². The minimum absolute atomic E-state index is 0.196. The Morgan fingerprint density at radius 2 is 2.12 bits per heavy atom. The van der Waals surface area contributed by atoms with Gasteiger partial charge in [0.05, 0.1) is 0 Å². The van der Waals surface area contributed by atoms with Crippen LogP contribution in [0.4, 0.5) is 4.79 Å². The van der Waals surface area contributed by atoms with Crippen molar-refractivity contribution in [2.45, 2.75) is 13.0 Å². The molecule has 0 aliphatic carbocycles. The lowest BCUT2D eigenvalue weighted by molar-refractivity contribution is 0.209. The fourth-order valence-electron chi connectivity index (χ4n) is 1.88. The van der Waals surface area contributed by atoms with Gasteiger partial charge in [0, 0.05) is 6.54 Å². The largest absolute Gasteiger partial charge is 0.504 e. The molecule has 0 radical (unpaired) electrons. The number of amidine groups is 1. The van der Waals surface area contributed by atoms with Crippen LogP contribution in [-0.4, -0.2) is 33.5 Å². The molecule has 0 fully saturated rings. The van der Waals surface area contributed by atoms with Gasteiger partial charge < -0.3 is 20.8 Å². The van der Waals surface area contributed by atoms with Gasteiger partial charge in [0.2, 0.25) is 0 Å². The van der Waals surface area contributed by atoms with Crippen LogP contribution >= 0.6 is 0 Å². The maximum absolute atomic E-state index is 11.5. The van der Waals surface area contributed by atoms with Crippen molar-refractivity contribution < 1.29 is 15.0 Å². The van der Waals surface area contributed by atoms with E-state index in [0.717, 1.165) is 0 Å². The third kappa shape index (κ3) is 1.77. The zero-order valence-corrected chi connectivity index (χ0v) is 9.29. The van der Waals surface area contributed by atoms with Crippen molar-refractivity contribution in [1.29, 1.82) is 0 Å². The number of aromatic hydroxyl groups is 2. The molecule has 0 spiro atoms. The normalized spacial score (nSPS) is 19.6. The van der Waals surface area contributed by atoms with Gasteiger partial charge in [0.15, 0.2) is 11.5 Å². The average Bonchev–Trinajstić information content (AvgIpc) is 2.57. The third-order valence-electron chi connectivity index (χ3n) is 2.72. The number of hydrogen-bond donors (Lipinski definition) is 3. The summed E-state index contributed by atoms with van der Waals surface area (Å²) in [4.78, 5) is 16.7. The SMILES string of the molecule is CCN1C(=O)N=C(N)C1c1ccc(O)c(O)c1. The standard InChI is InChI=1S/C11H13N3O3/c1-2-14-9(10(12)13-11(14)17)6-3-4-7(15)8(16)5-6/h3-5,9,15-16H,2H2,1H3,(H2,12,13,17). The van der Waals surface area contributed by atoms with E-state index in [9.17, 15) is 15.0 Å². The van der Waals surface area contributed by atoms with Crippen molar-refractivity contribution in [3.63, 3.8) is 0 Å². The van der Waals surface area contributed by atoms with Crippen LogP contribution in [0.5, 0.6) is 11.5 Å². The lowest BCUT2D eigenvalue weighted by atomic mass is 10.0. The molecular weight excluding hydrogens is 222 g/mol. The van der Waals surface area contributed by atoms with Crippen LogP contribution in [0.25, 0.3) is 0 Å². The van der Waals surface area contributed by atoms with Crippen molar-refractivity contribution >= 4 is 11.9 Å². The summed E-state index contributed by atoms with van der Waals surface area (Å²) in [6.45, 7) is 2.29. The molecule has 1 aliphatic rings. The number of phenolic OH excluding ortho intramolecular Hbond substituents is 2. The predicted molar refractivity (Wildman–Crippen MR) is 61.9 cm³/mol. The molecule has 1 atom stereocenters. The fraction of sp³-hybridized carbons (Fsp3) is 0.273. The summed E-state index contributed by atoms with van der Waals surface area (Å²) in [5.41, 5.74) is 6.32. The summed E-state index contributed by atoms with van der Waals surface area (Å²) in [5, 5.41) is 18.7. The molecule has 1 aromatic carbocycles. The number of hydrogen-bond acceptors (Lipinski definition) is 4. The van der Waals surface area contributed by atoms with Crippen molar-refractivity contribution in [2.24, 2.45) is 10.7 Å². The zero-order chi connectivity index (χ0) is 12.6. The minimum atomic E-state index is -0.473. The van der Waals surface area contributed by atoms with Crippen LogP contribution < -0.4 is 5.73 Å². The van der Waals surface area contributed by atoms with Gasteiger partial charge in [-0.25, -0.2) is 4.79 Å². The Hall–Kier alpha value is -2.24. The Labute approximate surface area is 98.0 Å². The highest BCUT2D eigenvalue weighted by Crippen LogP contribution is 2.32. The van der Waals surface area contributed by atoms with E-state index in [1.54, 1.807) is 6.07 Å². The molecule has 0 aromatic heterocycles. The molecule has 90 valence electrons. The summed E-state index contributed by atoms with van der Waals surface area (Å²) >= 11 is 0. The lowest BCUT2D eigenvalue weighted by Gasteiger charge is -2.23. The van der Waals surface area contributed by atoms with Crippen molar-refractivity contribution in [2.75, 3.05) is 6.54 Å². The molecule has 2 amide bonds. The number of nitrogens with zero attached hydrogens (tertiary/aromatic N) is 2. The molecule has 17 heavy (non-hydrogen) atoms. The molecule has 1 aliphatic heterocycles. The van der Waals surface area contributed by atoms with E-state index < -0.39 is 6.04 Å². The molecule has 1 unspecified atom stereocenters. The van der Waals surface area contributed by atoms with E-state index in [-0.39, 0.29) is 23.4 Å². The summed E-state index contributed by atoms with van der Waals surface area (Å²) in [6.07, 6.45) is 0. The highest BCUT2D eigenvalue weighted by Gasteiger charge is 2.33. The van der Waals surface area contributed by atoms with Crippen LogP contribution in [0.15, 0.2) is 23.2 Å². The number of carbonyl (C=O) groups is 1. The van der Waals surface area contributed by atoms with Crippen molar-refractivity contribution in [3.05, 3.63) is 23.8 Å². The van der Waals surface area contributed by atoms with Crippen LogP contribution in [0, 0.1) is 0 Å². The van der Waals surface area contributed by atoms with Crippen molar-refractivity contribution in [3.8, 4) is 11.5 Å². The summed E-state index contributed by atoms with van der Waals surface area (Å²) in [6, 6.07) is 3.48. The first-order valence-corrected chi connectivity index (χ1v) is 5.21. The Kier molecular flexibility index (Phi) is 2.63. The Bertz CT molecular complexity index is 499. The van der Waals surface area contributed by atoms with Gasteiger partial charge in [-0.15, -0.1) is 0 Å². The van der Waals surface area contributed by atoms with Gasteiger partial charge >= 0.3 is 6.03 Å². The average molecular weight is 235 g/mol. The number of phenols is 2.